The van der Waals surface area contributed by atoms with E-state index in [2.05, 4.69) is 4.98 Å². The average Bonchev–Trinajstić information content (AvgIpc) is 2.86. The van der Waals surface area contributed by atoms with Gasteiger partial charge in [0, 0.05) is 26.0 Å². The second-order valence-electron chi connectivity index (χ2n) is 5.38. The number of pyridine rings is 1. The summed E-state index contributed by atoms with van der Waals surface area (Å²) in [5.74, 6) is -0.131. The first-order valence-electron chi connectivity index (χ1n) is 7.20. The summed E-state index contributed by atoms with van der Waals surface area (Å²) in [4.78, 5) is 17.8. The van der Waals surface area contributed by atoms with Crippen molar-refractivity contribution in [3.8, 4) is 0 Å². The van der Waals surface area contributed by atoms with Gasteiger partial charge in [0.25, 0.3) is 0 Å². The number of carbonyl (C=O) groups is 1. The molecule has 2 heterocycles. The van der Waals surface area contributed by atoms with Gasteiger partial charge in [-0.25, -0.2) is 4.98 Å². The van der Waals surface area contributed by atoms with Crippen LogP contribution in [0.3, 0.4) is 0 Å². The van der Waals surface area contributed by atoms with Crippen molar-refractivity contribution in [1.29, 1.82) is 0 Å². The van der Waals surface area contributed by atoms with E-state index in [9.17, 15) is 18.0 Å². The van der Waals surface area contributed by atoms with Crippen LogP contribution in [0.5, 0.6) is 0 Å². The summed E-state index contributed by atoms with van der Waals surface area (Å²) in [5.41, 5.74) is -0.261. The van der Waals surface area contributed by atoms with Gasteiger partial charge in [0.05, 0.1) is 22.7 Å². The number of imidazole rings is 1. The molecule has 0 aliphatic carbocycles. The van der Waals surface area contributed by atoms with E-state index in [1.165, 1.54) is 10.6 Å². The lowest BCUT2D eigenvalue weighted by atomic mass is 10.2. The first-order valence-corrected chi connectivity index (χ1v) is 7.58. The zero-order valence-electron chi connectivity index (χ0n) is 12.8. The Kier molecular flexibility index (Phi) is 5.19. The molecule has 126 valence electrons. The van der Waals surface area contributed by atoms with Crippen LogP contribution in [-0.2, 0) is 17.4 Å². The Morgan fingerprint density at radius 2 is 2.09 bits per heavy atom. The SMILES string of the molecule is CCCCN(C)C(=O)Cc1cn2cc(C(F)(F)F)cc(Cl)c2n1. The molecule has 0 atom stereocenters. The Morgan fingerprint density at radius 1 is 1.39 bits per heavy atom. The van der Waals surface area contributed by atoms with Gasteiger partial charge >= 0.3 is 6.18 Å². The van der Waals surface area contributed by atoms with Gasteiger partial charge in [0.15, 0.2) is 5.65 Å². The molecule has 0 saturated carbocycles. The van der Waals surface area contributed by atoms with Crippen LogP contribution >= 0.6 is 11.6 Å². The van der Waals surface area contributed by atoms with E-state index in [1.54, 1.807) is 11.9 Å². The minimum atomic E-state index is -4.49. The van der Waals surface area contributed by atoms with Gasteiger partial charge in [-0.15, -0.1) is 0 Å². The summed E-state index contributed by atoms with van der Waals surface area (Å²) in [6.07, 6.45) is -0.265. The Morgan fingerprint density at radius 3 is 2.70 bits per heavy atom. The molecule has 0 aliphatic rings. The second kappa shape index (κ2) is 6.78. The highest BCUT2D eigenvalue weighted by Crippen LogP contribution is 2.32. The van der Waals surface area contributed by atoms with Crippen LogP contribution in [0.25, 0.3) is 5.65 Å². The number of rotatable bonds is 5. The van der Waals surface area contributed by atoms with Crippen LogP contribution < -0.4 is 0 Å². The van der Waals surface area contributed by atoms with E-state index in [1.807, 2.05) is 6.92 Å². The van der Waals surface area contributed by atoms with Crippen LogP contribution in [0.15, 0.2) is 18.5 Å². The second-order valence-corrected chi connectivity index (χ2v) is 5.79. The quantitative estimate of drug-likeness (QED) is 0.825. The Hall–Kier alpha value is -1.76. The molecule has 0 bridgehead atoms. The van der Waals surface area contributed by atoms with E-state index < -0.39 is 11.7 Å². The lowest BCUT2D eigenvalue weighted by Crippen LogP contribution is -2.29. The zero-order valence-corrected chi connectivity index (χ0v) is 13.6. The Bertz CT molecular complexity index is 712. The van der Waals surface area contributed by atoms with E-state index in [0.717, 1.165) is 25.1 Å². The van der Waals surface area contributed by atoms with Crippen LogP contribution in [0.1, 0.15) is 31.0 Å². The van der Waals surface area contributed by atoms with E-state index >= 15 is 0 Å². The molecule has 0 saturated heterocycles. The highest BCUT2D eigenvalue weighted by atomic mass is 35.5. The fourth-order valence-electron chi connectivity index (χ4n) is 2.16. The van der Waals surface area contributed by atoms with Crippen molar-refractivity contribution in [3.63, 3.8) is 0 Å². The standard InChI is InChI=1S/C15H17ClF3N3O/c1-3-4-5-21(2)13(23)7-11-9-22-8-10(15(17,18)19)6-12(16)14(22)20-11/h6,8-9H,3-5,7H2,1-2H3. The molecule has 4 nitrogen and oxygen atoms in total. The number of carbonyl (C=O) groups excluding carboxylic acids is 1. The van der Waals surface area contributed by atoms with Gasteiger partial charge in [-0.2, -0.15) is 13.2 Å². The number of alkyl halides is 3. The topological polar surface area (TPSA) is 37.6 Å². The van der Waals surface area contributed by atoms with Gasteiger partial charge in [-0.05, 0) is 12.5 Å². The number of likely N-dealkylation sites (N-methyl/N-ethyl adjacent to an activating group) is 1. The first kappa shape index (κ1) is 17.6. The Balaban J connectivity index is 2.23. The van der Waals surface area contributed by atoms with E-state index in [4.69, 9.17) is 11.6 Å². The molecule has 23 heavy (non-hydrogen) atoms. The molecule has 0 unspecified atom stereocenters. The molecular weight excluding hydrogens is 331 g/mol. The number of fused-ring (bicyclic) bond motifs is 1. The molecule has 0 aliphatic heterocycles. The van der Waals surface area contributed by atoms with Crippen molar-refractivity contribution in [3.05, 3.63) is 34.7 Å². The summed E-state index contributed by atoms with van der Waals surface area (Å²) in [6.45, 7) is 2.67. The average molecular weight is 348 g/mol. The highest BCUT2D eigenvalue weighted by molar-refractivity contribution is 6.33. The van der Waals surface area contributed by atoms with Crippen molar-refractivity contribution >= 4 is 23.2 Å². The molecule has 2 aromatic rings. The minimum Gasteiger partial charge on any atom is -0.345 e. The predicted molar refractivity (Wildman–Crippen MR) is 81.5 cm³/mol. The fourth-order valence-corrected chi connectivity index (χ4v) is 2.42. The zero-order chi connectivity index (χ0) is 17.2. The maximum atomic E-state index is 12.8. The highest BCUT2D eigenvalue weighted by Gasteiger charge is 2.32. The number of unbranched alkanes of at least 4 members (excludes halogenated alkanes) is 1. The third kappa shape index (κ3) is 4.16. The number of nitrogens with zero attached hydrogens (tertiary/aromatic N) is 3. The summed E-state index contributed by atoms with van der Waals surface area (Å²) < 4.78 is 39.6. The van der Waals surface area contributed by atoms with Gasteiger partial charge in [0.1, 0.15) is 0 Å². The van der Waals surface area contributed by atoms with Crippen LogP contribution in [0.4, 0.5) is 13.2 Å². The molecule has 0 spiro atoms. The molecule has 2 rings (SSSR count). The normalized spacial score (nSPS) is 11.9. The van der Waals surface area contributed by atoms with Crippen molar-refractivity contribution in [1.82, 2.24) is 14.3 Å². The summed E-state index contributed by atoms with van der Waals surface area (Å²) in [7, 11) is 1.70. The van der Waals surface area contributed by atoms with E-state index in [-0.39, 0.29) is 23.0 Å². The van der Waals surface area contributed by atoms with Crippen LogP contribution in [-0.4, -0.2) is 33.8 Å². The largest absolute Gasteiger partial charge is 0.417 e. The lowest BCUT2D eigenvalue weighted by molar-refractivity contribution is -0.137. The number of hydrogen-bond donors (Lipinski definition) is 0. The maximum Gasteiger partial charge on any atom is 0.417 e. The van der Waals surface area contributed by atoms with Crippen molar-refractivity contribution in [2.75, 3.05) is 13.6 Å². The van der Waals surface area contributed by atoms with Crippen molar-refractivity contribution in [2.45, 2.75) is 32.4 Å². The monoisotopic (exact) mass is 347 g/mol. The third-order valence-electron chi connectivity index (χ3n) is 3.49. The summed E-state index contributed by atoms with van der Waals surface area (Å²) in [5, 5.41) is -0.0992. The fraction of sp³-hybridized carbons (Fsp3) is 0.467. The van der Waals surface area contributed by atoms with Crippen LogP contribution in [0.2, 0.25) is 5.02 Å². The predicted octanol–water partition coefficient (Wildman–Crippen LogP) is 3.81. The van der Waals surface area contributed by atoms with E-state index in [0.29, 0.717) is 12.2 Å². The molecular formula is C15H17ClF3N3O. The number of hydrogen-bond acceptors (Lipinski definition) is 2. The lowest BCUT2D eigenvalue weighted by Gasteiger charge is -2.15. The number of halogens is 4. The molecule has 0 N–H and O–H groups in total. The van der Waals surface area contributed by atoms with Gasteiger partial charge in [0.2, 0.25) is 5.91 Å². The molecule has 0 radical (unpaired) electrons. The summed E-state index contributed by atoms with van der Waals surface area (Å²) in [6, 6.07) is 0.836. The van der Waals surface area contributed by atoms with Crippen molar-refractivity contribution < 1.29 is 18.0 Å². The van der Waals surface area contributed by atoms with Gasteiger partial charge < -0.3 is 9.30 Å². The smallest absolute Gasteiger partial charge is 0.345 e. The summed E-state index contributed by atoms with van der Waals surface area (Å²) >= 11 is 5.87. The van der Waals surface area contributed by atoms with Gasteiger partial charge in [-0.3, -0.25) is 4.79 Å². The Labute approximate surface area is 136 Å². The molecule has 0 aromatic carbocycles. The molecule has 0 fully saturated rings. The number of amides is 1. The third-order valence-corrected chi connectivity index (χ3v) is 3.77. The molecule has 2 aromatic heterocycles. The van der Waals surface area contributed by atoms with Crippen LogP contribution in [0, 0.1) is 0 Å². The van der Waals surface area contributed by atoms with Gasteiger partial charge in [-0.1, -0.05) is 24.9 Å². The number of aromatic nitrogens is 2. The minimum absolute atomic E-state index is 0.0274. The van der Waals surface area contributed by atoms with Crippen molar-refractivity contribution in [2.24, 2.45) is 0 Å². The molecule has 1 amide bonds. The first-order chi connectivity index (χ1) is 10.7. The molecule has 8 heteroatoms. The maximum absolute atomic E-state index is 12.8.